The Morgan fingerprint density at radius 3 is 2.75 bits per heavy atom. The minimum atomic E-state index is -4.19. The maximum atomic E-state index is 13.2. The number of nitrogens with zero attached hydrogens (tertiary/aromatic N) is 2. The molecule has 1 aliphatic rings. The second-order valence-corrected chi connectivity index (χ2v) is 5.46. The first-order valence-corrected chi connectivity index (χ1v) is 7.06. The zero-order chi connectivity index (χ0) is 14.8. The number of aromatic amines is 1. The summed E-state index contributed by atoms with van der Waals surface area (Å²) in [6.45, 7) is 0.812. The maximum Gasteiger partial charge on any atom is 0.392 e. The summed E-state index contributed by atoms with van der Waals surface area (Å²) in [7, 11) is 1.54. The second kappa shape index (κ2) is 6.26. The predicted octanol–water partition coefficient (Wildman–Crippen LogP) is 3.42. The molecule has 1 heterocycles. The molecule has 0 amide bonds. The third-order valence-corrected chi connectivity index (χ3v) is 4.14. The zero-order valence-electron chi connectivity index (χ0n) is 11.2. The van der Waals surface area contributed by atoms with Crippen molar-refractivity contribution >= 4 is 12.2 Å². The molecule has 1 aromatic heterocycles. The first-order valence-electron chi connectivity index (χ1n) is 6.66. The average Bonchev–Trinajstić information content (AvgIpc) is 2.76. The van der Waals surface area contributed by atoms with Crippen molar-refractivity contribution in [2.45, 2.75) is 44.3 Å². The Morgan fingerprint density at radius 2 is 2.10 bits per heavy atom. The predicted molar refractivity (Wildman–Crippen MR) is 70.0 cm³/mol. The van der Waals surface area contributed by atoms with Crippen LogP contribution < -0.4 is 0 Å². The van der Waals surface area contributed by atoms with E-state index in [9.17, 15) is 13.2 Å². The number of rotatable bonds is 4. The average molecular weight is 309 g/mol. The van der Waals surface area contributed by atoms with Crippen LogP contribution in [0.4, 0.5) is 13.2 Å². The number of methoxy groups -OCH3 is 1. The van der Waals surface area contributed by atoms with Gasteiger partial charge in [-0.25, -0.2) is 0 Å². The SMILES string of the molecule is COCCn1c(C2CCCCC2C(F)(F)F)n[nH]c1=S. The number of ether oxygens (including phenoxy) is 1. The largest absolute Gasteiger partial charge is 0.392 e. The second-order valence-electron chi connectivity index (χ2n) is 5.07. The highest BCUT2D eigenvalue weighted by atomic mass is 32.1. The van der Waals surface area contributed by atoms with Gasteiger partial charge >= 0.3 is 6.18 Å². The highest BCUT2D eigenvalue weighted by molar-refractivity contribution is 7.71. The summed E-state index contributed by atoms with van der Waals surface area (Å²) in [6.07, 6.45) is -2.12. The molecule has 0 aromatic carbocycles. The molecule has 0 aliphatic heterocycles. The molecule has 2 unspecified atom stereocenters. The fraction of sp³-hybridized carbons (Fsp3) is 0.833. The molecule has 1 N–H and O–H groups in total. The molecule has 2 rings (SSSR count). The van der Waals surface area contributed by atoms with E-state index in [-0.39, 0.29) is 6.42 Å². The molecular formula is C12H18F3N3OS. The van der Waals surface area contributed by atoms with Crippen molar-refractivity contribution in [2.75, 3.05) is 13.7 Å². The van der Waals surface area contributed by atoms with Crippen molar-refractivity contribution in [1.29, 1.82) is 0 Å². The molecular weight excluding hydrogens is 291 g/mol. The number of H-pyrrole nitrogens is 1. The molecule has 1 aromatic rings. The molecule has 0 radical (unpaired) electrons. The highest BCUT2D eigenvalue weighted by Gasteiger charge is 2.47. The van der Waals surface area contributed by atoms with E-state index in [1.807, 2.05) is 0 Å². The van der Waals surface area contributed by atoms with Gasteiger partial charge in [0.15, 0.2) is 4.77 Å². The first-order chi connectivity index (χ1) is 9.45. The molecule has 1 fully saturated rings. The molecule has 4 nitrogen and oxygen atoms in total. The quantitative estimate of drug-likeness (QED) is 0.867. The van der Waals surface area contributed by atoms with Crippen LogP contribution in [-0.2, 0) is 11.3 Å². The number of aromatic nitrogens is 3. The molecule has 1 aliphatic carbocycles. The first kappa shape index (κ1) is 15.5. The van der Waals surface area contributed by atoms with E-state index in [1.54, 1.807) is 11.7 Å². The van der Waals surface area contributed by atoms with E-state index < -0.39 is 18.0 Å². The number of nitrogens with one attached hydrogen (secondary N) is 1. The van der Waals surface area contributed by atoms with Crippen molar-refractivity contribution in [2.24, 2.45) is 5.92 Å². The van der Waals surface area contributed by atoms with Crippen molar-refractivity contribution in [3.63, 3.8) is 0 Å². The van der Waals surface area contributed by atoms with Crippen molar-refractivity contribution in [3.8, 4) is 0 Å². The third kappa shape index (κ3) is 3.22. The molecule has 0 saturated heterocycles. The van der Waals surface area contributed by atoms with Crippen LogP contribution in [0.1, 0.15) is 37.4 Å². The lowest BCUT2D eigenvalue weighted by Crippen LogP contribution is -2.33. The normalized spacial score (nSPS) is 24.0. The Morgan fingerprint density at radius 1 is 1.40 bits per heavy atom. The summed E-state index contributed by atoms with van der Waals surface area (Å²) in [4.78, 5) is 0. The van der Waals surface area contributed by atoms with Crippen LogP contribution >= 0.6 is 12.2 Å². The third-order valence-electron chi connectivity index (χ3n) is 3.82. The lowest BCUT2D eigenvalue weighted by Gasteiger charge is -2.32. The summed E-state index contributed by atoms with van der Waals surface area (Å²) < 4.78 is 46.5. The molecule has 0 spiro atoms. The van der Waals surface area contributed by atoms with Gasteiger partial charge in [-0.05, 0) is 25.1 Å². The summed E-state index contributed by atoms with van der Waals surface area (Å²) in [5.41, 5.74) is 0. The zero-order valence-corrected chi connectivity index (χ0v) is 12.1. The van der Waals surface area contributed by atoms with Crippen LogP contribution in [0, 0.1) is 10.7 Å². The standard InChI is InChI=1S/C12H18F3N3OS/c1-19-7-6-18-10(16-17-11(18)20)8-4-2-3-5-9(8)12(13,14)15/h8-9H,2-7H2,1H3,(H,17,20). The van der Waals surface area contributed by atoms with Gasteiger partial charge in [0.05, 0.1) is 12.5 Å². The fourth-order valence-corrected chi connectivity index (χ4v) is 3.07. The van der Waals surface area contributed by atoms with Crippen LogP contribution in [0.5, 0.6) is 0 Å². The smallest absolute Gasteiger partial charge is 0.383 e. The van der Waals surface area contributed by atoms with Gasteiger partial charge in [-0.3, -0.25) is 5.10 Å². The van der Waals surface area contributed by atoms with Gasteiger partial charge in [-0.1, -0.05) is 12.8 Å². The Labute approximate surface area is 120 Å². The minimum absolute atomic E-state index is 0.165. The molecule has 114 valence electrons. The molecule has 0 bridgehead atoms. The van der Waals surface area contributed by atoms with E-state index in [2.05, 4.69) is 10.2 Å². The number of halogens is 3. The van der Waals surface area contributed by atoms with E-state index >= 15 is 0 Å². The molecule has 8 heteroatoms. The van der Waals surface area contributed by atoms with Gasteiger partial charge in [-0.15, -0.1) is 0 Å². The summed E-state index contributed by atoms with van der Waals surface area (Å²) in [6, 6.07) is 0. The van der Waals surface area contributed by atoms with Gasteiger partial charge in [0.1, 0.15) is 5.82 Å². The van der Waals surface area contributed by atoms with Gasteiger partial charge in [0.25, 0.3) is 0 Å². The Balaban J connectivity index is 2.30. The summed E-state index contributed by atoms with van der Waals surface area (Å²) in [5, 5.41) is 6.65. The Hall–Kier alpha value is -0.890. The molecule has 1 saturated carbocycles. The Kier molecular flexibility index (Phi) is 4.85. The van der Waals surface area contributed by atoms with Crippen LogP contribution in [0.25, 0.3) is 0 Å². The van der Waals surface area contributed by atoms with Crippen LogP contribution in [-0.4, -0.2) is 34.7 Å². The Bertz CT molecular complexity index is 497. The van der Waals surface area contributed by atoms with Crippen molar-refractivity contribution in [1.82, 2.24) is 14.8 Å². The van der Waals surface area contributed by atoms with Crippen LogP contribution in [0.2, 0.25) is 0 Å². The maximum absolute atomic E-state index is 13.2. The van der Waals surface area contributed by atoms with Crippen molar-refractivity contribution in [3.05, 3.63) is 10.6 Å². The number of hydrogen-bond donors (Lipinski definition) is 1. The van der Waals surface area contributed by atoms with Gasteiger partial charge in [-0.2, -0.15) is 18.3 Å². The van der Waals surface area contributed by atoms with Crippen molar-refractivity contribution < 1.29 is 17.9 Å². The van der Waals surface area contributed by atoms with Crippen LogP contribution in [0.15, 0.2) is 0 Å². The van der Waals surface area contributed by atoms with E-state index in [0.29, 0.717) is 36.6 Å². The van der Waals surface area contributed by atoms with E-state index in [0.717, 1.165) is 6.42 Å². The lowest BCUT2D eigenvalue weighted by molar-refractivity contribution is -0.188. The number of alkyl halides is 3. The van der Waals surface area contributed by atoms with Gasteiger partial charge < -0.3 is 9.30 Å². The minimum Gasteiger partial charge on any atom is -0.383 e. The topological polar surface area (TPSA) is 42.8 Å². The summed E-state index contributed by atoms with van der Waals surface area (Å²) >= 11 is 5.10. The van der Waals surface area contributed by atoms with E-state index in [1.165, 1.54) is 0 Å². The molecule has 2 atom stereocenters. The van der Waals surface area contributed by atoms with Gasteiger partial charge in [0.2, 0.25) is 0 Å². The number of hydrogen-bond acceptors (Lipinski definition) is 3. The van der Waals surface area contributed by atoms with Crippen LogP contribution in [0.3, 0.4) is 0 Å². The van der Waals surface area contributed by atoms with E-state index in [4.69, 9.17) is 17.0 Å². The lowest BCUT2D eigenvalue weighted by atomic mass is 9.78. The monoisotopic (exact) mass is 309 g/mol. The fourth-order valence-electron chi connectivity index (χ4n) is 2.84. The highest BCUT2D eigenvalue weighted by Crippen LogP contribution is 2.45. The molecule has 20 heavy (non-hydrogen) atoms. The van der Waals surface area contributed by atoms with Gasteiger partial charge in [0, 0.05) is 19.6 Å². The summed E-state index contributed by atoms with van der Waals surface area (Å²) in [5.74, 6) is -1.54.